The number of thiazole rings is 1. The SMILES string of the molecule is COC(=O)c1ccc(Cl)c(NC(=O)c2sc(-c3ccc(C)o3)nc2C)c1. The fourth-order valence-electron chi connectivity index (χ4n) is 2.31. The van der Waals surface area contributed by atoms with E-state index >= 15 is 0 Å². The summed E-state index contributed by atoms with van der Waals surface area (Å²) >= 11 is 7.35. The van der Waals surface area contributed by atoms with Gasteiger partial charge in [0.05, 0.1) is 29.1 Å². The molecule has 3 rings (SSSR count). The number of rotatable bonds is 4. The van der Waals surface area contributed by atoms with Gasteiger partial charge in [0.1, 0.15) is 10.6 Å². The average molecular weight is 391 g/mol. The third-order valence-corrected chi connectivity index (χ3v) is 5.09. The molecule has 0 fully saturated rings. The van der Waals surface area contributed by atoms with Gasteiger partial charge in [-0.3, -0.25) is 4.79 Å². The Kier molecular flexibility index (Phi) is 5.11. The van der Waals surface area contributed by atoms with E-state index in [1.54, 1.807) is 6.92 Å². The first-order valence-electron chi connectivity index (χ1n) is 7.62. The quantitative estimate of drug-likeness (QED) is 0.652. The lowest BCUT2D eigenvalue weighted by molar-refractivity contribution is 0.0600. The van der Waals surface area contributed by atoms with Crippen LogP contribution in [0.2, 0.25) is 5.02 Å². The minimum Gasteiger partial charge on any atom is -0.465 e. The van der Waals surface area contributed by atoms with Crippen molar-refractivity contribution in [2.24, 2.45) is 0 Å². The minimum atomic E-state index is -0.512. The molecule has 134 valence electrons. The standard InChI is InChI=1S/C18H15ClN2O4S/c1-9-4-7-14(25-9)17-20-10(2)15(26-17)16(22)21-13-8-11(18(23)24-3)5-6-12(13)19/h4-8H,1-3H3,(H,21,22). The normalized spacial score (nSPS) is 10.6. The van der Waals surface area contributed by atoms with Crippen LogP contribution in [0.4, 0.5) is 5.69 Å². The summed E-state index contributed by atoms with van der Waals surface area (Å²) in [6, 6.07) is 8.17. The highest BCUT2D eigenvalue weighted by atomic mass is 35.5. The molecule has 0 aliphatic carbocycles. The number of nitrogens with one attached hydrogen (secondary N) is 1. The monoisotopic (exact) mass is 390 g/mol. The summed E-state index contributed by atoms with van der Waals surface area (Å²) in [5.41, 5.74) is 1.19. The summed E-state index contributed by atoms with van der Waals surface area (Å²) in [4.78, 5) is 29.1. The molecule has 26 heavy (non-hydrogen) atoms. The topological polar surface area (TPSA) is 81.4 Å². The zero-order valence-electron chi connectivity index (χ0n) is 14.3. The molecule has 1 aromatic carbocycles. The molecule has 0 radical (unpaired) electrons. The number of aryl methyl sites for hydroxylation is 2. The molecule has 0 unspecified atom stereocenters. The molecular formula is C18H15ClN2O4S. The molecule has 0 atom stereocenters. The third-order valence-electron chi connectivity index (χ3n) is 3.59. The molecule has 8 heteroatoms. The first-order valence-corrected chi connectivity index (χ1v) is 8.82. The van der Waals surface area contributed by atoms with E-state index in [9.17, 15) is 9.59 Å². The molecule has 0 aliphatic heterocycles. The zero-order chi connectivity index (χ0) is 18.8. The molecule has 2 aromatic heterocycles. The molecule has 1 N–H and O–H groups in total. The Balaban J connectivity index is 1.87. The Morgan fingerprint density at radius 1 is 1.23 bits per heavy atom. The van der Waals surface area contributed by atoms with Gasteiger partial charge in [-0.15, -0.1) is 11.3 Å². The number of hydrogen-bond acceptors (Lipinski definition) is 6. The van der Waals surface area contributed by atoms with E-state index in [0.717, 1.165) is 5.76 Å². The van der Waals surface area contributed by atoms with Crippen LogP contribution in [-0.2, 0) is 4.74 Å². The second kappa shape index (κ2) is 7.31. The van der Waals surface area contributed by atoms with Crippen LogP contribution in [0.25, 0.3) is 10.8 Å². The lowest BCUT2D eigenvalue weighted by atomic mass is 10.2. The van der Waals surface area contributed by atoms with Crippen molar-refractivity contribution >= 4 is 40.5 Å². The molecule has 6 nitrogen and oxygen atoms in total. The predicted octanol–water partition coefficient (Wildman–Crippen LogP) is 4.71. The van der Waals surface area contributed by atoms with Crippen molar-refractivity contribution in [2.75, 3.05) is 12.4 Å². The Morgan fingerprint density at radius 3 is 2.65 bits per heavy atom. The van der Waals surface area contributed by atoms with Gasteiger partial charge in [-0.2, -0.15) is 0 Å². The van der Waals surface area contributed by atoms with Gasteiger partial charge in [0.15, 0.2) is 10.8 Å². The van der Waals surface area contributed by atoms with Crippen LogP contribution in [0, 0.1) is 13.8 Å². The third kappa shape index (κ3) is 3.63. The van der Waals surface area contributed by atoms with Gasteiger partial charge in [0.25, 0.3) is 5.91 Å². The fraction of sp³-hybridized carbons (Fsp3) is 0.167. The Morgan fingerprint density at radius 2 is 2.00 bits per heavy atom. The zero-order valence-corrected chi connectivity index (χ0v) is 15.8. The number of methoxy groups -OCH3 is 1. The van der Waals surface area contributed by atoms with Crippen molar-refractivity contribution in [3.8, 4) is 10.8 Å². The second-order valence-corrected chi connectivity index (χ2v) is 6.89. The number of amides is 1. The lowest BCUT2D eigenvalue weighted by Crippen LogP contribution is -2.13. The summed E-state index contributed by atoms with van der Waals surface area (Å²) in [5.74, 6) is 0.505. The Hall–Kier alpha value is -2.64. The highest BCUT2D eigenvalue weighted by Crippen LogP contribution is 2.31. The number of halogens is 1. The van der Waals surface area contributed by atoms with Gasteiger partial charge >= 0.3 is 5.97 Å². The van der Waals surface area contributed by atoms with E-state index in [-0.39, 0.29) is 5.91 Å². The van der Waals surface area contributed by atoms with Crippen molar-refractivity contribution in [1.82, 2.24) is 4.98 Å². The molecule has 0 saturated heterocycles. The van der Waals surface area contributed by atoms with Gasteiger partial charge in [0, 0.05) is 0 Å². The highest BCUT2D eigenvalue weighted by molar-refractivity contribution is 7.17. The van der Waals surface area contributed by atoms with Crippen molar-refractivity contribution in [3.05, 3.63) is 57.2 Å². The minimum absolute atomic E-state index is 0.292. The molecule has 1 amide bonds. The summed E-state index contributed by atoms with van der Waals surface area (Å²) < 4.78 is 10.2. The Labute approximate surface area is 158 Å². The second-order valence-electron chi connectivity index (χ2n) is 5.48. The van der Waals surface area contributed by atoms with Gasteiger partial charge in [-0.05, 0) is 44.2 Å². The molecule has 0 bridgehead atoms. The molecule has 3 aromatic rings. The smallest absolute Gasteiger partial charge is 0.337 e. The summed E-state index contributed by atoms with van der Waals surface area (Å²) in [5, 5.41) is 3.65. The van der Waals surface area contributed by atoms with Crippen LogP contribution in [0.1, 0.15) is 31.5 Å². The van der Waals surface area contributed by atoms with Gasteiger partial charge < -0.3 is 14.5 Å². The molecule has 0 spiro atoms. The maximum Gasteiger partial charge on any atom is 0.337 e. The van der Waals surface area contributed by atoms with Gasteiger partial charge in [-0.25, -0.2) is 9.78 Å². The number of anilines is 1. The average Bonchev–Trinajstić information content (AvgIpc) is 3.21. The van der Waals surface area contributed by atoms with Gasteiger partial charge in [-0.1, -0.05) is 11.6 Å². The van der Waals surface area contributed by atoms with E-state index < -0.39 is 5.97 Å². The van der Waals surface area contributed by atoms with Crippen molar-refractivity contribution < 1.29 is 18.7 Å². The highest BCUT2D eigenvalue weighted by Gasteiger charge is 2.19. The van der Waals surface area contributed by atoms with Crippen LogP contribution in [-0.4, -0.2) is 24.0 Å². The number of esters is 1. The van der Waals surface area contributed by atoms with E-state index in [0.29, 0.717) is 37.6 Å². The van der Waals surface area contributed by atoms with Gasteiger partial charge in [0.2, 0.25) is 0 Å². The number of furan rings is 1. The molecule has 2 heterocycles. The number of benzene rings is 1. The number of ether oxygens (including phenoxy) is 1. The van der Waals surface area contributed by atoms with Crippen LogP contribution in [0.5, 0.6) is 0 Å². The van der Waals surface area contributed by atoms with Crippen LogP contribution in [0.3, 0.4) is 0 Å². The number of hydrogen-bond donors (Lipinski definition) is 1. The Bertz CT molecular complexity index is 993. The number of carbonyl (C=O) groups is 2. The first-order chi connectivity index (χ1) is 12.4. The lowest BCUT2D eigenvalue weighted by Gasteiger charge is -2.08. The van der Waals surface area contributed by atoms with E-state index in [1.807, 2.05) is 19.1 Å². The molecule has 0 saturated carbocycles. The van der Waals surface area contributed by atoms with Crippen molar-refractivity contribution in [2.45, 2.75) is 13.8 Å². The number of nitrogens with zero attached hydrogens (tertiary/aromatic N) is 1. The fourth-order valence-corrected chi connectivity index (χ4v) is 3.40. The van der Waals surface area contributed by atoms with Crippen LogP contribution >= 0.6 is 22.9 Å². The number of carbonyl (C=O) groups excluding carboxylic acids is 2. The molecular weight excluding hydrogens is 376 g/mol. The van der Waals surface area contributed by atoms with E-state index in [2.05, 4.69) is 15.0 Å². The van der Waals surface area contributed by atoms with Crippen LogP contribution in [0.15, 0.2) is 34.7 Å². The van der Waals surface area contributed by atoms with E-state index in [1.165, 1.54) is 36.6 Å². The van der Waals surface area contributed by atoms with Crippen molar-refractivity contribution in [1.29, 1.82) is 0 Å². The predicted molar refractivity (Wildman–Crippen MR) is 100 cm³/mol. The summed E-state index contributed by atoms with van der Waals surface area (Å²) in [6.07, 6.45) is 0. The largest absolute Gasteiger partial charge is 0.465 e. The van der Waals surface area contributed by atoms with E-state index in [4.69, 9.17) is 16.0 Å². The first kappa shape index (κ1) is 18.2. The summed E-state index contributed by atoms with van der Waals surface area (Å²) in [7, 11) is 1.29. The van der Waals surface area contributed by atoms with Crippen LogP contribution < -0.4 is 5.32 Å². The summed E-state index contributed by atoms with van der Waals surface area (Å²) in [6.45, 7) is 3.59. The number of aromatic nitrogens is 1. The van der Waals surface area contributed by atoms with Crippen molar-refractivity contribution in [3.63, 3.8) is 0 Å². The maximum absolute atomic E-state index is 12.6. The molecule has 0 aliphatic rings. The maximum atomic E-state index is 12.6.